The molecule has 6 nitrogen and oxygen atoms in total. The molecule has 0 bridgehead atoms. The monoisotopic (exact) mass is 263 g/mol. The molecule has 0 atom stereocenters. The summed E-state index contributed by atoms with van der Waals surface area (Å²) in [4.78, 5) is 10.9. The van der Waals surface area contributed by atoms with E-state index in [1.807, 2.05) is 6.07 Å². The van der Waals surface area contributed by atoms with Crippen LogP contribution in [0.15, 0.2) is 24.9 Å². The van der Waals surface area contributed by atoms with Gasteiger partial charge in [0.05, 0.1) is 13.2 Å². The van der Waals surface area contributed by atoms with Crippen molar-refractivity contribution in [2.75, 3.05) is 56.6 Å². The van der Waals surface area contributed by atoms with Crippen LogP contribution in [0.5, 0.6) is 0 Å². The quantitative estimate of drug-likeness (QED) is 0.710. The number of ether oxygens (including phenoxy) is 1. The molecular weight excluding hydrogens is 242 g/mol. The predicted octanol–water partition coefficient (Wildman–Crippen LogP) is 0.819. The molecular formula is C13H21N5O. The molecule has 0 aromatic carbocycles. The zero-order chi connectivity index (χ0) is 13.3. The molecule has 6 heteroatoms. The molecule has 0 spiro atoms. The maximum atomic E-state index is 5.31. The Kier molecular flexibility index (Phi) is 5.58. The first kappa shape index (κ1) is 13.8. The minimum Gasteiger partial charge on any atom is -0.379 e. The van der Waals surface area contributed by atoms with Crippen molar-refractivity contribution >= 4 is 11.8 Å². The van der Waals surface area contributed by atoms with E-state index < -0.39 is 0 Å². The van der Waals surface area contributed by atoms with Crippen LogP contribution in [0.25, 0.3) is 0 Å². The highest BCUT2D eigenvalue weighted by atomic mass is 16.5. The third kappa shape index (κ3) is 4.84. The minimum absolute atomic E-state index is 0.655. The Morgan fingerprint density at radius 3 is 3.00 bits per heavy atom. The highest BCUT2D eigenvalue weighted by Crippen LogP contribution is 2.05. The Hall–Kier alpha value is -1.66. The summed E-state index contributed by atoms with van der Waals surface area (Å²) in [6.45, 7) is 9.85. The van der Waals surface area contributed by atoms with Gasteiger partial charge in [0.2, 0.25) is 5.95 Å². The first-order valence-corrected chi connectivity index (χ1v) is 6.60. The molecule has 2 N–H and O–H groups in total. The normalized spacial score (nSPS) is 16.0. The van der Waals surface area contributed by atoms with E-state index in [1.54, 1.807) is 12.3 Å². The van der Waals surface area contributed by atoms with Crippen molar-refractivity contribution in [2.24, 2.45) is 0 Å². The maximum absolute atomic E-state index is 5.31. The summed E-state index contributed by atoms with van der Waals surface area (Å²) in [6.07, 6.45) is 3.54. The second kappa shape index (κ2) is 7.70. The van der Waals surface area contributed by atoms with Gasteiger partial charge in [0.25, 0.3) is 0 Å². The fourth-order valence-corrected chi connectivity index (χ4v) is 1.87. The van der Waals surface area contributed by atoms with Crippen LogP contribution in [0, 0.1) is 0 Å². The Balaban J connectivity index is 1.73. The van der Waals surface area contributed by atoms with Gasteiger partial charge in [-0.2, -0.15) is 4.98 Å². The first-order chi connectivity index (χ1) is 9.38. The number of anilines is 2. The zero-order valence-corrected chi connectivity index (χ0v) is 11.1. The lowest BCUT2D eigenvalue weighted by atomic mass is 10.4. The third-order valence-electron chi connectivity index (χ3n) is 2.90. The minimum atomic E-state index is 0.655. The van der Waals surface area contributed by atoms with Gasteiger partial charge in [-0.05, 0) is 6.07 Å². The molecule has 1 fully saturated rings. The van der Waals surface area contributed by atoms with Crippen LogP contribution in [0.3, 0.4) is 0 Å². The van der Waals surface area contributed by atoms with Gasteiger partial charge in [-0.1, -0.05) is 6.08 Å². The van der Waals surface area contributed by atoms with E-state index in [9.17, 15) is 0 Å². The van der Waals surface area contributed by atoms with Crippen molar-refractivity contribution < 1.29 is 4.74 Å². The Morgan fingerprint density at radius 1 is 1.37 bits per heavy atom. The summed E-state index contributed by atoms with van der Waals surface area (Å²) in [5.74, 6) is 1.46. The number of rotatable bonds is 7. The molecule has 1 aromatic heterocycles. The van der Waals surface area contributed by atoms with Crippen LogP contribution in [0.2, 0.25) is 0 Å². The molecule has 19 heavy (non-hydrogen) atoms. The van der Waals surface area contributed by atoms with Gasteiger partial charge in [0.1, 0.15) is 5.82 Å². The van der Waals surface area contributed by atoms with Gasteiger partial charge >= 0.3 is 0 Å². The number of hydrogen-bond acceptors (Lipinski definition) is 6. The molecule has 1 saturated heterocycles. The van der Waals surface area contributed by atoms with Crippen LogP contribution in [0.1, 0.15) is 0 Å². The van der Waals surface area contributed by atoms with Gasteiger partial charge in [-0.3, -0.25) is 4.90 Å². The summed E-state index contributed by atoms with van der Waals surface area (Å²) in [6, 6.07) is 1.84. The van der Waals surface area contributed by atoms with E-state index >= 15 is 0 Å². The van der Waals surface area contributed by atoms with E-state index in [-0.39, 0.29) is 0 Å². The molecule has 1 aromatic rings. The second-order valence-corrected chi connectivity index (χ2v) is 4.32. The summed E-state index contributed by atoms with van der Waals surface area (Å²) < 4.78 is 5.31. The van der Waals surface area contributed by atoms with Gasteiger partial charge in [0.15, 0.2) is 0 Å². The maximum Gasteiger partial charge on any atom is 0.224 e. The lowest BCUT2D eigenvalue weighted by Gasteiger charge is -2.26. The van der Waals surface area contributed by atoms with Crippen LogP contribution in [-0.2, 0) is 4.74 Å². The lowest BCUT2D eigenvalue weighted by molar-refractivity contribution is 0.0398. The standard InChI is InChI=1S/C13H21N5O/c1-2-4-14-12-3-5-15-13(17-12)16-6-7-18-8-10-19-11-9-18/h2-3,5H,1,4,6-11H2,(H2,14,15,16,17). The lowest BCUT2D eigenvalue weighted by Crippen LogP contribution is -2.39. The molecule has 0 amide bonds. The van der Waals surface area contributed by atoms with E-state index in [1.165, 1.54) is 0 Å². The van der Waals surface area contributed by atoms with Gasteiger partial charge < -0.3 is 15.4 Å². The molecule has 2 rings (SSSR count). The van der Waals surface area contributed by atoms with Crippen molar-refractivity contribution in [3.63, 3.8) is 0 Å². The SMILES string of the molecule is C=CCNc1ccnc(NCCN2CCOCC2)n1. The molecule has 104 valence electrons. The van der Waals surface area contributed by atoms with Crippen molar-refractivity contribution in [3.05, 3.63) is 24.9 Å². The molecule has 0 radical (unpaired) electrons. The first-order valence-electron chi connectivity index (χ1n) is 6.60. The summed E-state index contributed by atoms with van der Waals surface area (Å²) >= 11 is 0. The van der Waals surface area contributed by atoms with Gasteiger partial charge in [-0.15, -0.1) is 6.58 Å². The van der Waals surface area contributed by atoms with E-state index in [2.05, 4.69) is 32.1 Å². The molecule has 0 aliphatic carbocycles. The number of nitrogens with zero attached hydrogens (tertiary/aromatic N) is 3. The summed E-state index contributed by atoms with van der Waals surface area (Å²) in [7, 11) is 0. The third-order valence-corrected chi connectivity index (χ3v) is 2.90. The van der Waals surface area contributed by atoms with E-state index in [0.29, 0.717) is 12.5 Å². The van der Waals surface area contributed by atoms with Crippen LogP contribution >= 0.6 is 0 Å². The molecule has 1 aliphatic heterocycles. The van der Waals surface area contributed by atoms with Crippen molar-refractivity contribution in [1.82, 2.24) is 14.9 Å². The van der Waals surface area contributed by atoms with Crippen molar-refractivity contribution in [3.8, 4) is 0 Å². The topological polar surface area (TPSA) is 62.3 Å². The summed E-state index contributed by atoms with van der Waals surface area (Å²) in [5.41, 5.74) is 0. The van der Waals surface area contributed by atoms with Crippen LogP contribution in [-0.4, -0.2) is 60.8 Å². The average molecular weight is 263 g/mol. The Morgan fingerprint density at radius 2 is 2.21 bits per heavy atom. The second-order valence-electron chi connectivity index (χ2n) is 4.32. The number of morpholine rings is 1. The summed E-state index contributed by atoms with van der Waals surface area (Å²) in [5, 5.41) is 6.38. The van der Waals surface area contributed by atoms with Crippen molar-refractivity contribution in [2.45, 2.75) is 0 Å². The van der Waals surface area contributed by atoms with Crippen LogP contribution in [0.4, 0.5) is 11.8 Å². The largest absolute Gasteiger partial charge is 0.379 e. The Labute approximate surface area is 113 Å². The van der Waals surface area contributed by atoms with Crippen LogP contribution < -0.4 is 10.6 Å². The zero-order valence-electron chi connectivity index (χ0n) is 11.1. The number of nitrogens with one attached hydrogen (secondary N) is 2. The van der Waals surface area contributed by atoms with E-state index in [0.717, 1.165) is 45.2 Å². The van der Waals surface area contributed by atoms with Crippen molar-refractivity contribution in [1.29, 1.82) is 0 Å². The molecule has 1 aliphatic rings. The van der Waals surface area contributed by atoms with E-state index in [4.69, 9.17) is 4.74 Å². The fourth-order valence-electron chi connectivity index (χ4n) is 1.87. The average Bonchev–Trinajstić information content (AvgIpc) is 2.47. The molecule has 2 heterocycles. The molecule has 0 unspecified atom stereocenters. The molecule has 0 saturated carbocycles. The predicted molar refractivity (Wildman–Crippen MR) is 76.5 cm³/mol. The number of hydrogen-bond donors (Lipinski definition) is 2. The highest BCUT2D eigenvalue weighted by molar-refractivity contribution is 5.39. The highest BCUT2D eigenvalue weighted by Gasteiger charge is 2.09. The fraction of sp³-hybridized carbons (Fsp3) is 0.538. The smallest absolute Gasteiger partial charge is 0.224 e. The van der Waals surface area contributed by atoms with Gasteiger partial charge in [0, 0.05) is 38.9 Å². The van der Waals surface area contributed by atoms with Gasteiger partial charge in [-0.25, -0.2) is 4.98 Å². The Bertz CT molecular complexity index is 392. The number of aromatic nitrogens is 2.